The van der Waals surface area contributed by atoms with Gasteiger partial charge in [0.05, 0.1) is 0 Å². The van der Waals surface area contributed by atoms with E-state index in [-0.39, 0.29) is 0 Å². The molecule has 5 nitrogen and oxygen atoms in total. The molecule has 4 rings (SSSR count). The Morgan fingerprint density at radius 3 is 2.79 bits per heavy atom. The molecule has 0 radical (unpaired) electrons. The molecule has 0 aliphatic rings. The number of hydrogen-bond acceptors (Lipinski definition) is 5. The van der Waals surface area contributed by atoms with Crippen molar-refractivity contribution in [1.82, 2.24) is 19.7 Å². The number of rotatable bonds is 6. The SMILES string of the molecule is Cn1c(COc2cccc3cccnc23)nnc1SCc1ccc(Cl)cc1Cl. The van der Waals surface area contributed by atoms with Gasteiger partial charge in [0.1, 0.15) is 17.9 Å². The van der Waals surface area contributed by atoms with E-state index in [2.05, 4.69) is 15.2 Å². The molecule has 0 saturated heterocycles. The Balaban J connectivity index is 1.45. The zero-order valence-electron chi connectivity index (χ0n) is 15.0. The molecule has 8 heteroatoms. The minimum Gasteiger partial charge on any atom is -0.483 e. The van der Waals surface area contributed by atoms with E-state index in [0.717, 1.165) is 33.2 Å². The van der Waals surface area contributed by atoms with Crippen molar-refractivity contribution in [3.8, 4) is 5.75 Å². The van der Waals surface area contributed by atoms with Gasteiger partial charge in [-0.1, -0.05) is 59.2 Å². The molecular weight excluding hydrogens is 415 g/mol. The number of hydrogen-bond donors (Lipinski definition) is 0. The standard InChI is InChI=1S/C20H16Cl2N4OS/c1-26-18(11-27-17-6-2-4-13-5-3-9-23-19(13)17)24-25-20(26)28-12-14-7-8-15(21)10-16(14)22/h2-10H,11-12H2,1H3. The van der Waals surface area contributed by atoms with Crippen molar-refractivity contribution in [2.24, 2.45) is 7.05 Å². The third-order valence-corrected chi connectivity index (χ3v) is 5.91. The van der Waals surface area contributed by atoms with Crippen LogP contribution >= 0.6 is 35.0 Å². The van der Waals surface area contributed by atoms with E-state index in [0.29, 0.717) is 22.4 Å². The Labute approximate surface area is 176 Å². The van der Waals surface area contributed by atoms with Gasteiger partial charge in [0.25, 0.3) is 0 Å². The molecule has 142 valence electrons. The van der Waals surface area contributed by atoms with E-state index >= 15 is 0 Å². The molecular formula is C20H16Cl2N4OS. The highest BCUT2D eigenvalue weighted by Crippen LogP contribution is 2.28. The van der Waals surface area contributed by atoms with E-state index in [1.54, 1.807) is 24.0 Å². The number of thioether (sulfide) groups is 1. The molecule has 2 heterocycles. The summed E-state index contributed by atoms with van der Waals surface area (Å²) in [5.74, 6) is 2.14. The fraction of sp³-hybridized carbons (Fsp3) is 0.150. The highest BCUT2D eigenvalue weighted by atomic mass is 35.5. The second kappa shape index (κ2) is 8.39. The van der Waals surface area contributed by atoms with Crippen molar-refractivity contribution in [2.45, 2.75) is 17.5 Å². The molecule has 4 aromatic rings. The molecule has 0 fully saturated rings. The number of benzene rings is 2. The van der Waals surface area contributed by atoms with Gasteiger partial charge in [0.2, 0.25) is 0 Å². The number of halogens is 2. The Kier molecular flexibility index (Phi) is 5.71. The number of aromatic nitrogens is 4. The molecule has 0 aliphatic heterocycles. The normalized spacial score (nSPS) is 11.1. The zero-order valence-corrected chi connectivity index (χ0v) is 17.3. The van der Waals surface area contributed by atoms with Crippen LogP contribution in [0.25, 0.3) is 10.9 Å². The summed E-state index contributed by atoms with van der Waals surface area (Å²) in [5.41, 5.74) is 1.83. The van der Waals surface area contributed by atoms with Crippen LogP contribution in [-0.4, -0.2) is 19.7 Å². The number of pyridine rings is 1. The number of fused-ring (bicyclic) bond motifs is 1. The van der Waals surface area contributed by atoms with Gasteiger partial charge in [-0.25, -0.2) is 0 Å². The second-order valence-electron chi connectivity index (χ2n) is 6.10. The molecule has 0 saturated carbocycles. The van der Waals surface area contributed by atoms with Crippen LogP contribution in [0.3, 0.4) is 0 Å². The summed E-state index contributed by atoms with van der Waals surface area (Å²) in [5, 5.41) is 11.6. The van der Waals surface area contributed by atoms with Gasteiger partial charge in [-0.3, -0.25) is 4.98 Å². The van der Waals surface area contributed by atoms with Crippen molar-refractivity contribution in [3.63, 3.8) is 0 Å². The summed E-state index contributed by atoms with van der Waals surface area (Å²) in [6, 6.07) is 15.3. The van der Waals surface area contributed by atoms with Crippen LogP contribution in [0.2, 0.25) is 10.0 Å². The predicted octanol–water partition coefficient (Wildman–Crippen LogP) is 5.54. The minimum absolute atomic E-state index is 0.307. The van der Waals surface area contributed by atoms with E-state index in [1.807, 2.05) is 54.1 Å². The third-order valence-electron chi connectivity index (χ3n) is 4.25. The third kappa shape index (κ3) is 4.09. The topological polar surface area (TPSA) is 52.8 Å². The van der Waals surface area contributed by atoms with Crippen molar-refractivity contribution in [1.29, 1.82) is 0 Å². The van der Waals surface area contributed by atoms with E-state index in [4.69, 9.17) is 27.9 Å². The second-order valence-corrected chi connectivity index (χ2v) is 7.89. The van der Waals surface area contributed by atoms with Crippen LogP contribution in [0.4, 0.5) is 0 Å². The smallest absolute Gasteiger partial charge is 0.191 e. The van der Waals surface area contributed by atoms with Gasteiger partial charge in [0.15, 0.2) is 11.0 Å². The first kappa shape index (κ1) is 19.1. The lowest BCUT2D eigenvalue weighted by atomic mass is 10.2. The Bertz CT molecular complexity index is 1130. The summed E-state index contributed by atoms with van der Waals surface area (Å²) in [4.78, 5) is 4.40. The number of ether oxygens (including phenoxy) is 1. The van der Waals surface area contributed by atoms with Gasteiger partial charge in [-0.2, -0.15) is 0 Å². The van der Waals surface area contributed by atoms with Gasteiger partial charge in [-0.15, -0.1) is 10.2 Å². The van der Waals surface area contributed by atoms with Gasteiger partial charge in [-0.05, 0) is 29.8 Å². The molecule has 2 aromatic heterocycles. The largest absolute Gasteiger partial charge is 0.483 e. The summed E-state index contributed by atoms with van der Waals surface area (Å²) < 4.78 is 7.89. The highest BCUT2D eigenvalue weighted by molar-refractivity contribution is 7.98. The van der Waals surface area contributed by atoms with Crippen molar-refractivity contribution in [2.75, 3.05) is 0 Å². The Morgan fingerprint density at radius 2 is 1.93 bits per heavy atom. The zero-order chi connectivity index (χ0) is 19.5. The molecule has 0 bridgehead atoms. The summed E-state index contributed by atoms with van der Waals surface area (Å²) in [7, 11) is 1.92. The maximum absolute atomic E-state index is 6.24. The van der Waals surface area contributed by atoms with E-state index in [9.17, 15) is 0 Å². The molecule has 2 aromatic carbocycles. The van der Waals surface area contributed by atoms with Gasteiger partial charge in [0, 0.05) is 34.4 Å². The maximum Gasteiger partial charge on any atom is 0.191 e. The van der Waals surface area contributed by atoms with Gasteiger partial charge >= 0.3 is 0 Å². The number of para-hydroxylation sites is 1. The van der Waals surface area contributed by atoms with Crippen LogP contribution < -0.4 is 4.74 Å². The first-order valence-electron chi connectivity index (χ1n) is 8.53. The highest BCUT2D eigenvalue weighted by Gasteiger charge is 2.12. The summed E-state index contributed by atoms with van der Waals surface area (Å²) in [6.45, 7) is 0.307. The molecule has 0 atom stereocenters. The Morgan fingerprint density at radius 1 is 1.07 bits per heavy atom. The molecule has 0 aliphatic carbocycles. The van der Waals surface area contributed by atoms with Crippen LogP contribution in [0.15, 0.2) is 59.9 Å². The predicted molar refractivity (Wildman–Crippen MR) is 113 cm³/mol. The quantitative estimate of drug-likeness (QED) is 0.375. The number of nitrogens with zero attached hydrogens (tertiary/aromatic N) is 4. The summed E-state index contributed by atoms with van der Waals surface area (Å²) in [6.07, 6.45) is 1.76. The Hall–Kier alpha value is -2.28. The fourth-order valence-corrected chi connectivity index (χ4v) is 4.20. The van der Waals surface area contributed by atoms with Crippen molar-refractivity contribution in [3.05, 3.63) is 76.2 Å². The van der Waals surface area contributed by atoms with Crippen LogP contribution in [0, 0.1) is 0 Å². The molecule has 0 N–H and O–H groups in total. The first-order valence-corrected chi connectivity index (χ1v) is 10.3. The maximum atomic E-state index is 6.24. The average Bonchev–Trinajstić information content (AvgIpc) is 3.05. The lowest BCUT2D eigenvalue weighted by Gasteiger charge is -2.09. The first-order chi connectivity index (χ1) is 13.6. The lowest BCUT2D eigenvalue weighted by molar-refractivity contribution is 0.293. The molecule has 0 unspecified atom stereocenters. The summed E-state index contributed by atoms with van der Waals surface area (Å²) >= 11 is 13.7. The van der Waals surface area contributed by atoms with Gasteiger partial charge < -0.3 is 9.30 Å². The van der Waals surface area contributed by atoms with Crippen LogP contribution in [0.1, 0.15) is 11.4 Å². The molecule has 0 amide bonds. The lowest BCUT2D eigenvalue weighted by Crippen LogP contribution is -2.04. The molecule has 0 spiro atoms. The van der Waals surface area contributed by atoms with E-state index in [1.165, 1.54) is 0 Å². The van der Waals surface area contributed by atoms with Crippen LogP contribution in [-0.2, 0) is 19.4 Å². The van der Waals surface area contributed by atoms with Crippen molar-refractivity contribution >= 4 is 45.9 Å². The minimum atomic E-state index is 0.307. The van der Waals surface area contributed by atoms with E-state index < -0.39 is 0 Å². The van der Waals surface area contributed by atoms with Crippen molar-refractivity contribution < 1.29 is 4.74 Å². The monoisotopic (exact) mass is 430 g/mol. The van der Waals surface area contributed by atoms with Crippen LogP contribution in [0.5, 0.6) is 5.75 Å². The average molecular weight is 431 g/mol. The molecule has 28 heavy (non-hydrogen) atoms. The fourth-order valence-electron chi connectivity index (χ4n) is 2.71.